The SMILES string of the molecule is CC(C)N(CC1CC1)c1cccc(Br)c1C#N. The minimum atomic E-state index is 0.428. The Kier molecular flexibility index (Phi) is 3.73. The number of nitrogens with zero attached hydrogens (tertiary/aromatic N) is 2. The van der Waals surface area contributed by atoms with Gasteiger partial charge in [0.2, 0.25) is 0 Å². The molecule has 0 heterocycles. The molecule has 2 nitrogen and oxygen atoms in total. The minimum Gasteiger partial charge on any atom is -0.368 e. The molecule has 0 atom stereocenters. The Labute approximate surface area is 111 Å². The molecular formula is C14H17BrN2. The first-order valence-corrected chi connectivity index (χ1v) is 6.88. The molecule has 17 heavy (non-hydrogen) atoms. The highest BCUT2D eigenvalue weighted by molar-refractivity contribution is 9.10. The molecule has 90 valence electrons. The van der Waals surface area contributed by atoms with Gasteiger partial charge in [-0.3, -0.25) is 0 Å². The number of hydrogen-bond acceptors (Lipinski definition) is 2. The van der Waals surface area contributed by atoms with Crippen molar-refractivity contribution in [3.8, 4) is 6.07 Å². The Morgan fingerprint density at radius 3 is 2.71 bits per heavy atom. The molecule has 0 N–H and O–H groups in total. The summed E-state index contributed by atoms with van der Waals surface area (Å²) in [6.45, 7) is 5.44. The van der Waals surface area contributed by atoms with Gasteiger partial charge in [-0.15, -0.1) is 0 Å². The smallest absolute Gasteiger partial charge is 0.103 e. The third kappa shape index (κ3) is 2.81. The van der Waals surface area contributed by atoms with E-state index in [-0.39, 0.29) is 0 Å². The second kappa shape index (κ2) is 5.10. The summed E-state index contributed by atoms with van der Waals surface area (Å²) in [6, 6.07) is 8.71. The normalized spacial score (nSPS) is 14.8. The molecule has 1 aliphatic rings. The standard InChI is InChI=1S/C14H17BrN2/c1-10(2)17(9-11-6-7-11)14-5-3-4-13(15)12(14)8-16/h3-5,10-11H,6-7,9H2,1-2H3. The lowest BCUT2D eigenvalue weighted by Gasteiger charge is -2.30. The highest BCUT2D eigenvalue weighted by Gasteiger charge is 2.27. The molecule has 1 aromatic carbocycles. The van der Waals surface area contributed by atoms with Gasteiger partial charge >= 0.3 is 0 Å². The second-order valence-corrected chi connectivity index (χ2v) is 5.79. The molecule has 1 fully saturated rings. The fraction of sp³-hybridized carbons (Fsp3) is 0.500. The maximum atomic E-state index is 9.27. The summed E-state index contributed by atoms with van der Waals surface area (Å²) < 4.78 is 0.888. The fourth-order valence-electron chi connectivity index (χ4n) is 2.03. The second-order valence-electron chi connectivity index (χ2n) is 4.94. The third-order valence-corrected chi connectivity index (χ3v) is 3.85. The quantitative estimate of drug-likeness (QED) is 0.840. The summed E-state index contributed by atoms with van der Waals surface area (Å²) >= 11 is 3.46. The van der Waals surface area contributed by atoms with Gasteiger partial charge in [-0.2, -0.15) is 5.26 Å². The predicted molar refractivity (Wildman–Crippen MR) is 74.1 cm³/mol. The van der Waals surface area contributed by atoms with E-state index in [1.807, 2.05) is 18.2 Å². The maximum absolute atomic E-state index is 9.27. The summed E-state index contributed by atoms with van der Waals surface area (Å²) in [4.78, 5) is 2.35. The summed E-state index contributed by atoms with van der Waals surface area (Å²) in [7, 11) is 0. The Bertz CT molecular complexity index is 444. The van der Waals surface area contributed by atoms with Crippen molar-refractivity contribution in [3.63, 3.8) is 0 Å². The van der Waals surface area contributed by atoms with E-state index in [2.05, 4.69) is 40.7 Å². The molecule has 0 amide bonds. The summed E-state index contributed by atoms with van der Waals surface area (Å²) in [5.74, 6) is 0.822. The Hall–Kier alpha value is -1.01. The molecule has 0 aromatic heterocycles. The first-order chi connectivity index (χ1) is 8.13. The molecular weight excluding hydrogens is 276 g/mol. The molecule has 3 heteroatoms. The van der Waals surface area contributed by atoms with Crippen LogP contribution in [0.3, 0.4) is 0 Å². The molecule has 0 radical (unpaired) electrons. The fourth-order valence-corrected chi connectivity index (χ4v) is 2.47. The Balaban J connectivity index is 2.34. The van der Waals surface area contributed by atoms with Gasteiger partial charge in [0.25, 0.3) is 0 Å². The molecule has 1 aromatic rings. The van der Waals surface area contributed by atoms with Crippen molar-refractivity contribution in [2.75, 3.05) is 11.4 Å². The number of anilines is 1. The highest BCUT2D eigenvalue weighted by atomic mass is 79.9. The van der Waals surface area contributed by atoms with E-state index in [0.717, 1.165) is 28.2 Å². The number of hydrogen-bond donors (Lipinski definition) is 0. The van der Waals surface area contributed by atoms with E-state index in [4.69, 9.17) is 0 Å². The van der Waals surface area contributed by atoms with Gasteiger partial charge in [0, 0.05) is 17.1 Å². The van der Waals surface area contributed by atoms with Crippen LogP contribution in [0.25, 0.3) is 0 Å². The van der Waals surface area contributed by atoms with Gasteiger partial charge in [-0.05, 0) is 60.7 Å². The first kappa shape index (κ1) is 12.4. The van der Waals surface area contributed by atoms with E-state index in [1.54, 1.807) is 0 Å². The predicted octanol–water partition coefficient (Wildman–Crippen LogP) is 3.95. The average Bonchev–Trinajstić information content (AvgIpc) is 3.09. The molecule has 0 unspecified atom stereocenters. The molecule has 2 rings (SSSR count). The van der Waals surface area contributed by atoms with E-state index < -0.39 is 0 Å². The lowest BCUT2D eigenvalue weighted by Crippen LogP contribution is -2.33. The highest BCUT2D eigenvalue weighted by Crippen LogP contribution is 2.34. The van der Waals surface area contributed by atoms with Gasteiger partial charge < -0.3 is 4.90 Å². The maximum Gasteiger partial charge on any atom is 0.103 e. The van der Waals surface area contributed by atoms with Gasteiger partial charge in [-0.25, -0.2) is 0 Å². The molecule has 0 spiro atoms. The summed E-state index contributed by atoms with van der Waals surface area (Å²) in [5.41, 5.74) is 1.81. The number of nitriles is 1. The van der Waals surface area contributed by atoms with Crippen LogP contribution in [0, 0.1) is 17.2 Å². The van der Waals surface area contributed by atoms with Gasteiger partial charge in [-0.1, -0.05) is 6.07 Å². The number of halogens is 1. The zero-order chi connectivity index (χ0) is 12.4. The van der Waals surface area contributed by atoms with Crippen LogP contribution in [0.5, 0.6) is 0 Å². The summed E-state index contributed by atoms with van der Waals surface area (Å²) in [5, 5.41) is 9.27. The Morgan fingerprint density at radius 1 is 1.47 bits per heavy atom. The van der Waals surface area contributed by atoms with E-state index in [1.165, 1.54) is 12.8 Å². The van der Waals surface area contributed by atoms with Crippen molar-refractivity contribution in [2.24, 2.45) is 5.92 Å². The van der Waals surface area contributed by atoms with Crippen molar-refractivity contribution in [3.05, 3.63) is 28.2 Å². The first-order valence-electron chi connectivity index (χ1n) is 6.08. The molecule has 0 bridgehead atoms. The van der Waals surface area contributed by atoms with Gasteiger partial charge in [0.1, 0.15) is 6.07 Å². The van der Waals surface area contributed by atoms with E-state index in [0.29, 0.717) is 6.04 Å². The number of benzene rings is 1. The van der Waals surface area contributed by atoms with Gasteiger partial charge in [0.05, 0.1) is 11.3 Å². The van der Waals surface area contributed by atoms with Crippen LogP contribution in [-0.4, -0.2) is 12.6 Å². The minimum absolute atomic E-state index is 0.428. The van der Waals surface area contributed by atoms with Crippen molar-refractivity contribution in [2.45, 2.75) is 32.7 Å². The summed E-state index contributed by atoms with van der Waals surface area (Å²) in [6.07, 6.45) is 2.66. The van der Waals surface area contributed by atoms with Crippen molar-refractivity contribution >= 4 is 21.6 Å². The van der Waals surface area contributed by atoms with Crippen LogP contribution >= 0.6 is 15.9 Å². The third-order valence-electron chi connectivity index (χ3n) is 3.19. The molecule has 0 aliphatic heterocycles. The van der Waals surface area contributed by atoms with Crippen molar-refractivity contribution < 1.29 is 0 Å². The van der Waals surface area contributed by atoms with Crippen LogP contribution in [0.1, 0.15) is 32.3 Å². The van der Waals surface area contributed by atoms with Crippen LogP contribution in [0.15, 0.2) is 22.7 Å². The van der Waals surface area contributed by atoms with Crippen LogP contribution in [0.2, 0.25) is 0 Å². The van der Waals surface area contributed by atoms with Crippen LogP contribution in [0.4, 0.5) is 5.69 Å². The van der Waals surface area contributed by atoms with Crippen molar-refractivity contribution in [1.82, 2.24) is 0 Å². The lowest BCUT2D eigenvalue weighted by atomic mass is 10.1. The van der Waals surface area contributed by atoms with Gasteiger partial charge in [0.15, 0.2) is 0 Å². The zero-order valence-electron chi connectivity index (χ0n) is 10.3. The van der Waals surface area contributed by atoms with E-state index >= 15 is 0 Å². The average molecular weight is 293 g/mol. The van der Waals surface area contributed by atoms with Crippen LogP contribution < -0.4 is 4.90 Å². The van der Waals surface area contributed by atoms with Crippen molar-refractivity contribution in [1.29, 1.82) is 5.26 Å². The van der Waals surface area contributed by atoms with Crippen LogP contribution in [-0.2, 0) is 0 Å². The Morgan fingerprint density at radius 2 is 2.18 bits per heavy atom. The number of rotatable bonds is 4. The zero-order valence-corrected chi connectivity index (χ0v) is 11.9. The largest absolute Gasteiger partial charge is 0.368 e. The molecule has 1 saturated carbocycles. The lowest BCUT2D eigenvalue weighted by molar-refractivity contribution is 0.644. The molecule has 0 saturated heterocycles. The van der Waals surface area contributed by atoms with E-state index in [9.17, 15) is 5.26 Å². The molecule has 1 aliphatic carbocycles. The topological polar surface area (TPSA) is 27.0 Å². The monoisotopic (exact) mass is 292 g/mol.